The van der Waals surface area contributed by atoms with Gasteiger partial charge in [-0.15, -0.1) is 0 Å². The fourth-order valence-corrected chi connectivity index (χ4v) is 16.8. The molecule has 0 aliphatic carbocycles. The van der Waals surface area contributed by atoms with Crippen LogP contribution in [0.2, 0.25) is 0 Å². The van der Waals surface area contributed by atoms with Gasteiger partial charge < -0.3 is 82.4 Å². The molecule has 710 valence electrons. The molecule has 0 spiro atoms. The molecule has 19 nitrogen and oxygen atoms in total. The number of aliphatic hydroxyl groups is 2. The topological polar surface area (TPSA) is 219 Å². The molecule has 3 aliphatic heterocycles. The number of aliphatic hydroxyl groups excluding tert-OH is 2. The summed E-state index contributed by atoms with van der Waals surface area (Å²) in [5, 5.41) is 28.2. The molecule has 0 radical (unpaired) electrons. The van der Waals surface area contributed by atoms with Crippen molar-refractivity contribution >= 4 is 12.0 Å². The molecule has 8 aromatic rings. The van der Waals surface area contributed by atoms with E-state index in [1.165, 1.54) is 83.5 Å². The number of benzene rings is 8. The Balaban J connectivity index is 0.000000276. The average molecular weight is 1800 g/mol. The zero-order valence-corrected chi connectivity index (χ0v) is 79.0. The van der Waals surface area contributed by atoms with E-state index in [2.05, 4.69) is 35.8 Å². The third-order valence-electron chi connectivity index (χ3n) is 23.7. The van der Waals surface area contributed by atoms with E-state index < -0.39 is 109 Å². The molecule has 4 unspecified atom stereocenters. The number of ether oxygens (including phenoxy) is 13. The van der Waals surface area contributed by atoms with Crippen LogP contribution in [0.5, 0.6) is 0 Å². The smallest absolute Gasteiger partial charge is 0.408 e. The number of hydrogen-bond donors (Lipinski definition) is 4. The van der Waals surface area contributed by atoms with E-state index >= 15 is 0 Å². The summed E-state index contributed by atoms with van der Waals surface area (Å²) in [5.74, 6) is -1.04. The highest BCUT2D eigenvalue weighted by atomic mass is 16.8. The molecule has 19 heteroatoms. The standard InChI is InChI=1S/C62H87NO8.C50H63NO9/c1-3-5-6-7-8-9-10-11-12-13-14-15-16-17-18-19-32-44-58(65)63-54(59(66)55(64)4-2)42-33-43-56-60(68-46-51-36-26-21-27-37-51)62(70-48-53-40-30-23-31-41-53)61(69-47-52-38-28-22-29-39-52)57(71-56)49-67-45-50-34-24-20-25-35-50;1-7-41-44(59-50(5,6)58-41)40(51-48(52)60-49(2,3)4)29-20-30-42-45(54-32-37-23-14-9-15-24-37)47(56-34-39-27-18-11-19-28-39)46(55-33-38-25-16-10-17-26-38)43(57-42)35-53-31-36-21-12-8-13-22-36/h19-42,54-57,59-62,64,66H,3-18,43-49H2,1-2H3,(H,63,65);8-29,40-47H,7,30-35H2,1-6H3,(H,51,52)/b32-19+,42-33+;29-20+/t54-,55+,56+,57?,59-,60?,61-,62-;40-,41+,42+,43?,44-,45?,46-,47-/m00/s1. The second-order valence-corrected chi connectivity index (χ2v) is 36.2. The SMILES string of the molecule is CCCCCCCCCCCCCCCC/C=C/CC(=O)N[C@@H](/C=C/C[C@H]1OC(COCc2ccccc2)[C@H](OCc2ccccc2)[C@@H](OCc2ccccc2)C1OCc1ccccc1)[C@H](O)[C@H](O)CC.CC[C@H]1OC(C)(C)O[C@H]1[C@H](/C=C/C[C@H]1OC(COCc2ccccc2)[C@H](OCc2ccccc2)[C@@H](OCc2ccccc2)C1OCc1ccccc1)NC(=O)OC(C)(C)C. The fourth-order valence-electron chi connectivity index (χ4n) is 16.8. The fraction of sp³-hybridized carbons (Fsp3) is 0.500. The molecule has 3 saturated heterocycles. The number of rotatable bonds is 56. The summed E-state index contributed by atoms with van der Waals surface area (Å²) in [5.41, 5.74) is 7.56. The number of allylic oxidation sites excluding steroid dienone is 1. The third kappa shape index (κ3) is 38.6. The van der Waals surface area contributed by atoms with Crippen LogP contribution in [0, 0.1) is 0 Å². The number of hydrogen-bond acceptors (Lipinski definition) is 17. The second kappa shape index (κ2) is 59.0. The van der Waals surface area contributed by atoms with E-state index in [0.29, 0.717) is 78.5 Å². The number of nitrogens with one attached hydrogen (secondary N) is 2. The van der Waals surface area contributed by atoms with Crippen molar-refractivity contribution in [3.63, 3.8) is 0 Å². The molecule has 3 fully saturated rings. The Morgan fingerprint density at radius 2 is 0.718 bits per heavy atom. The van der Waals surface area contributed by atoms with Gasteiger partial charge in [0.2, 0.25) is 5.91 Å². The Hall–Kier alpha value is -8.84. The van der Waals surface area contributed by atoms with Crippen LogP contribution in [0.4, 0.5) is 4.79 Å². The maximum Gasteiger partial charge on any atom is 0.408 e. The molecule has 8 aromatic carbocycles. The van der Waals surface area contributed by atoms with E-state index in [0.717, 1.165) is 57.3 Å². The van der Waals surface area contributed by atoms with Gasteiger partial charge in [0.25, 0.3) is 0 Å². The van der Waals surface area contributed by atoms with Crippen molar-refractivity contribution in [2.75, 3.05) is 13.2 Å². The van der Waals surface area contributed by atoms with Gasteiger partial charge >= 0.3 is 6.09 Å². The Morgan fingerprint density at radius 1 is 0.389 bits per heavy atom. The lowest BCUT2D eigenvalue weighted by Gasteiger charge is -2.46. The molecular weight excluding hydrogens is 1650 g/mol. The quantitative estimate of drug-likeness (QED) is 0.0206. The van der Waals surface area contributed by atoms with Crippen molar-refractivity contribution in [2.24, 2.45) is 0 Å². The molecule has 16 atom stereocenters. The van der Waals surface area contributed by atoms with Crippen LogP contribution in [-0.4, -0.2) is 144 Å². The Kier molecular flexibility index (Phi) is 47.0. The van der Waals surface area contributed by atoms with E-state index in [9.17, 15) is 19.8 Å². The number of unbranched alkanes of at least 4 members (excludes halogenated alkanes) is 14. The van der Waals surface area contributed by atoms with Gasteiger partial charge in [0, 0.05) is 6.42 Å². The highest BCUT2D eigenvalue weighted by molar-refractivity contribution is 5.78. The summed E-state index contributed by atoms with van der Waals surface area (Å²) in [6.45, 7) is 18.7. The number of carbonyl (C=O) groups is 2. The normalized spacial score (nSPS) is 21.8. The number of carbonyl (C=O) groups excluding carboxylic acids is 2. The van der Waals surface area contributed by atoms with Gasteiger partial charge in [-0.05, 0) is 118 Å². The molecule has 3 aliphatic rings. The maximum atomic E-state index is 13.4. The lowest BCUT2D eigenvalue weighted by atomic mass is 9.92. The molecule has 2 amide bonds. The van der Waals surface area contributed by atoms with E-state index in [-0.39, 0.29) is 31.6 Å². The summed E-state index contributed by atoms with van der Waals surface area (Å²) in [6, 6.07) is 79.2. The third-order valence-corrected chi connectivity index (χ3v) is 23.7. The van der Waals surface area contributed by atoms with Gasteiger partial charge in [0.1, 0.15) is 66.6 Å². The van der Waals surface area contributed by atoms with Gasteiger partial charge in [-0.1, -0.05) is 383 Å². The van der Waals surface area contributed by atoms with Crippen LogP contribution in [0.3, 0.4) is 0 Å². The molecule has 3 heterocycles. The average Bonchev–Trinajstić information content (AvgIpc) is 0.962. The largest absolute Gasteiger partial charge is 0.444 e. The molecule has 0 saturated carbocycles. The van der Waals surface area contributed by atoms with Crippen LogP contribution in [0.1, 0.15) is 228 Å². The van der Waals surface area contributed by atoms with Crippen LogP contribution in [0.25, 0.3) is 0 Å². The van der Waals surface area contributed by atoms with Crippen molar-refractivity contribution in [3.05, 3.63) is 324 Å². The maximum absolute atomic E-state index is 13.4. The van der Waals surface area contributed by atoms with Gasteiger partial charge in [0.05, 0.1) is 103 Å². The van der Waals surface area contributed by atoms with Crippen molar-refractivity contribution in [3.8, 4) is 0 Å². The molecular formula is C112H150N2O17. The van der Waals surface area contributed by atoms with E-state index in [1.54, 1.807) is 6.08 Å². The van der Waals surface area contributed by atoms with Crippen molar-refractivity contribution < 1.29 is 81.4 Å². The first-order chi connectivity index (χ1) is 63.9. The molecule has 0 bridgehead atoms. The first kappa shape index (κ1) is 104. The zero-order valence-electron chi connectivity index (χ0n) is 79.0. The van der Waals surface area contributed by atoms with Gasteiger partial charge in [-0.2, -0.15) is 0 Å². The van der Waals surface area contributed by atoms with Gasteiger partial charge in [0.15, 0.2) is 5.79 Å². The molecule has 0 aromatic heterocycles. The van der Waals surface area contributed by atoms with Crippen molar-refractivity contribution in [1.29, 1.82) is 0 Å². The Labute approximate surface area is 782 Å². The minimum Gasteiger partial charge on any atom is -0.444 e. The summed E-state index contributed by atoms with van der Waals surface area (Å²) in [6.07, 6.45) is 24.2. The highest BCUT2D eigenvalue weighted by Gasteiger charge is 2.51. The summed E-state index contributed by atoms with van der Waals surface area (Å²) in [7, 11) is 0. The summed E-state index contributed by atoms with van der Waals surface area (Å²) in [4.78, 5) is 26.6. The van der Waals surface area contributed by atoms with Crippen LogP contribution in [-0.2, 0) is 119 Å². The Morgan fingerprint density at radius 3 is 1.06 bits per heavy atom. The van der Waals surface area contributed by atoms with Crippen LogP contribution >= 0.6 is 0 Å². The Bertz CT molecular complexity index is 4420. The molecule has 131 heavy (non-hydrogen) atoms. The lowest BCUT2D eigenvalue weighted by Crippen LogP contribution is -2.61. The molecule has 11 rings (SSSR count). The van der Waals surface area contributed by atoms with E-state index in [1.807, 2.05) is 303 Å². The monoisotopic (exact) mass is 1800 g/mol. The minimum atomic E-state index is -1.21. The minimum absolute atomic E-state index is 0.189. The first-order valence-corrected chi connectivity index (χ1v) is 48.4. The first-order valence-electron chi connectivity index (χ1n) is 48.4. The predicted octanol–water partition coefficient (Wildman–Crippen LogP) is 22.6. The van der Waals surface area contributed by atoms with Crippen LogP contribution < -0.4 is 10.6 Å². The number of amides is 2. The van der Waals surface area contributed by atoms with Gasteiger partial charge in [-0.25, -0.2) is 4.79 Å². The van der Waals surface area contributed by atoms with Crippen molar-refractivity contribution in [1.82, 2.24) is 10.6 Å². The summed E-state index contributed by atoms with van der Waals surface area (Å²) < 4.78 is 86.5. The van der Waals surface area contributed by atoms with Crippen molar-refractivity contribution in [2.45, 2.75) is 346 Å². The van der Waals surface area contributed by atoms with Crippen LogP contribution in [0.15, 0.2) is 279 Å². The zero-order chi connectivity index (χ0) is 92.4. The highest BCUT2D eigenvalue weighted by Crippen LogP contribution is 2.37. The number of alkyl carbamates (subject to hydrolysis) is 1. The van der Waals surface area contributed by atoms with E-state index in [4.69, 9.17) is 61.6 Å². The molecule has 4 N–H and O–H groups in total. The lowest BCUT2D eigenvalue weighted by molar-refractivity contribution is -0.271. The second-order valence-electron chi connectivity index (χ2n) is 36.2. The summed E-state index contributed by atoms with van der Waals surface area (Å²) >= 11 is 0. The van der Waals surface area contributed by atoms with Gasteiger partial charge in [-0.3, -0.25) is 4.79 Å². The predicted molar refractivity (Wildman–Crippen MR) is 517 cm³/mol.